The minimum atomic E-state index is 0.793. The topological polar surface area (TPSA) is 29.9 Å². The van der Waals surface area contributed by atoms with Crippen molar-refractivity contribution in [2.75, 3.05) is 5.32 Å². The molecule has 3 heteroatoms. The minimum Gasteiger partial charge on any atom is -0.379 e. The van der Waals surface area contributed by atoms with Gasteiger partial charge in [0.15, 0.2) is 0 Å². The highest BCUT2D eigenvalue weighted by Gasteiger charge is 2.02. The molecule has 1 aromatic heterocycles. The third-order valence-corrected chi connectivity index (χ3v) is 3.35. The molecule has 0 saturated heterocycles. The summed E-state index contributed by atoms with van der Waals surface area (Å²) in [6.45, 7) is 3.80. The number of rotatable bonds is 4. The summed E-state index contributed by atoms with van der Waals surface area (Å²) in [5, 5.41) is 10.3. The van der Waals surface area contributed by atoms with Crippen LogP contribution in [0.3, 0.4) is 0 Å². The van der Waals surface area contributed by atoms with Gasteiger partial charge in [-0.15, -0.1) is 0 Å². The van der Waals surface area contributed by atoms with Gasteiger partial charge in [-0.3, -0.25) is 4.68 Å². The molecule has 0 aliphatic heterocycles. The highest BCUT2D eigenvalue weighted by Crippen LogP contribution is 2.23. The van der Waals surface area contributed by atoms with E-state index in [1.807, 2.05) is 10.9 Å². The third kappa shape index (κ3) is 2.32. The lowest BCUT2D eigenvalue weighted by molar-refractivity contribution is 0.628. The first-order valence-electron chi connectivity index (χ1n) is 6.61. The molecule has 0 saturated carbocycles. The lowest BCUT2D eigenvalue weighted by Crippen LogP contribution is -2.07. The van der Waals surface area contributed by atoms with E-state index in [1.54, 1.807) is 0 Å². The van der Waals surface area contributed by atoms with Crippen LogP contribution in [0.15, 0.2) is 54.7 Å². The second-order valence-corrected chi connectivity index (χ2v) is 4.52. The van der Waals surface area contributed by atoms with E-state index in [0.29, 0.717) is 0 Å². The quantitative estimate of drug-likeness (QED) is 0.766. The monoisotopic (exact) mass is 251 g/mol. The fourth-order valence-electron chi connectivity index (χ4n) is 2.36. The number of anilines is 1. The van der Waals surface area contributed by atoms with Gasteiger partial charge >= 0.3 is 0 Å². The van der Waals surface area contributed by atoms with Gasteiger partial charge in [0.05, 0.1) is 12.2 Å². The van der Waals surface area contributed by atoms with Crippen molar-refractivity contribution in [3.63, 3.8) is 0 Å². The maximum Gasteiger partial charge on any atom is 0.0575 e. The van der Waals surface area contributed by atoms with Crippen molar-refractivity contribution in [2.24, 2.45) is 0 Å². The van der Waals surface area contributed by atoms with Gasteiger partial charge < -0.3 is 5.32 Å². The van der Waals surface area contributed by atoms with E-state index in [-0.39, 0.29) is 0 Å². The normalized spacial score (nSPS) is 10.8. The molecule has 0 unspecified atom stereocenters. The SMILES string of the molecule is CCn1nccc1CNc1cccc2ccccc12. The van der Waals surface area contributed by atoms with E-state index < -0.39 is 0 Å². The van der Waals surface area contributed by atoms with Gasteiger partial charge in [0.1, 0.15) is 0 Å². The van der Waals surface area contributed by atoms with Crippen molar-refractivity contribution in [1.82, 2.24) is 9.78 Å². The number of fused-ring (bicyclic) bond motifs is 1. The molecule has 3 aromatic rings. The van der Waals surface area contributed by atoms with Gasteiger partial charge in [-0.05, 0) is 24.4 Å². The average molecular weight is 251 g/mol. The van der Waals surface area contributed by atoms with Crippen molar-refractivity contribution in [2.45, 2.75) is 20.0 Å². The number of hydrogen-bond donors (Lipinski definition) is 1. The highest BCUT2D eigenvalue weighted by atomic mass is 15.3. The van der Waals surface area contributed by atoms with Crippen LogP contribution in [-0.2, 0) is 13.1 Å². The number of benzene rings is 2. The summed E-state index contributed by atoms with van der Waals surface area (Å²) in [6.07, 6.45) is 1.85. The lowest BCUT2D eigenvalue weighted by atomic mass is 10.1. The zero-order valence-corrected chi connectivity index (χ0v) is 11.0. The second kappa shape index (κ2) is 5.14. The Kier molecular flexibility index (Phi) is 3.19. The van der Waals surface area contributed by atoms with Crippen LogP contribution >= 0.6 is 0 Å². The van der Waals surface area contributed by atoms with E-state index in [4.69, 9.17) is 0 Å². The molecule has 0 aliphatic rings. The molecule has 19 heavy (non-hydrogen) atoms. The first-order chi connectivity index (χ1) is 9.38. The molecular formula is C16H17N3. The molecule has 0 atom stereocenters. The van der Waals surface area contributed by atoms with Gasteiger partial charge in [-0.25, -0.2) is 0 Å². The van der Waals surface area contributed by atoms with Gasteiger partial charge in [0.2, 0.25) is 0 Å². The molecular weight excluding hydrogens is 234 g/mol. The molecule has 1 N–H and O–H groups in total. The molecule has 0 spiro atoms. The van der Waals surface area contributed by atoms with E-state index in [1.165, 1.54) is 22.2 Å². The molecule has 96 valence electrons. The van der Waals surface area contributed by atoms with Crippen LogP contribution in [0, 0.1) is 0 Å². The highest BCUT2D eigenvalue weighted by molar-refractivity contribution is 5.93. The number of nitrogens with zero attached hydrogens (tertiary/aromatic N) is 2. The Morgan fingerprint density at radius 2 is 1.89 bits per heavy atom. The van der Waals surface area contributed by atoms with E-state index >= 15 is 0 Å². The smallest absolute Gasteiger partial charge is 0.0575 e. The van der Waals surface area contributed by atoms with Crippen molar-refractivity contribution in [3.8, 4) is 0 Å². The number of aryl methyl sites for hydroxylation is 1. The summed E-state index contributed by atoms with van der Waals surface area (Å²) in [7, 11) is 0. The summed E-state index contributed by atoms with van der Waals surface area (Å²) in [5.74, 6) is 0. The predicted molar refractivity (Wildman–Crippen MR) is 79.2 cm³/mol. The maximum atomic E-state index is 4.29. The van der Waals surface area contributed by atoms with Crippen molar-refractivity contribution in [3.05, 3.63) is 60.4 Å². The van der Waals surface area contributed by atoms with Gasteiger partial charge in [-0.2, -0.15) is 5.10 Å². The first kappa shape index (κ1) is 11.8. The summed E-state index contributed by atoms with van der Waals surface area (Å²) in [5.41, 5.74) is 2.37. The minimum absolute atomic E-state index is 0.793. The molecule has 0 amide bonds. The van der Waals surface area contributed by atoms with Crippen molar-refractivity contribution < 1.29 is 0 Å². The molecule has 0 aliphatic carbocycles. The van der Waals surface area contributed by atoms with Crippen LogP contribution in [0.1, 0.15) is 12.6 Å². The van der Waals surface area contributed by atoms with E-state index in [9.17, 15) is 0 Å². The molecule has 3 rings (SSSR count). The fourth-order valence-corrected chi connectivity index (χ4v) is 2.36. The van der Waals surface area contributed by atoms with Gasteiger partial charge in [0.25, 0.3) is 0 Å². The Hall–Kier alpha value is -2.29. The molecule has 0 fully saturated rings. The van der Waals surface area contributed by atoms with Crippen LogP contribution in [0.5, 0.6) is 0 Å². The fraction of sp³-hybridized carbons (Fsp3) is 0.188. The summed E-state index contributed by atoms with van der Waals surface area (Å²) < 4.78 is 2.01. The van der Waals surface area contributed by atoms with E-state index in [0.717, 1.165) is 13.1 Å². The van der Waals surface area contributed by atoms with Crippen LogP contribution in [0.4, 0.5) is 5.69 Å². The van der Waals surface area contributed by atoms with Crippen molar-refractivity contribution in [1.29, 1.82) is 0 Å². The standard InChI is InChI=1S/C16H17N3/c1-2-19-14(10-11-18-19)12-17-16-9-5-7-13-6-3-4-8-15(13)16/h3-11,17H,2,12H2,1H3. The van der Waals surface area contributed by atoms with Crippen LogP contribution in [0.25, 0.3) is 10.8 Å². The Bertz CT molecular complexity index is 680. The molecule has 3 nitrogen and oxygen atoms in total. The third-order valence-electron chi connectivity index (χ3n) is 3.35. The zero-order chi connectivity index (χ0) is 13.1. The lowest BCUT2D eigenvalue weighted by Gasteiger charge is -2.10. The molecule has 1 heterocycles. The Labute approximate surface area is 112 Å². The first-order valence-corrected chi connectivity index (χ1v) is 6.61. The largest absolute Gasteiger partial charge is 0.379 e. The second-order valence-electron chi connectivity index (χ2n) is 4.52. The maximum absolute atomic E-state index is 4.29. The number of hydrogen-bond acceptors (Lipinski definition) is 2. The Balaban J connectivity index is 1.86. The number of aromatic nitrogens is 2. The predicted octanol–water partition coefficient (Wildman–Crippen LogP) is 3.67. The van der Waals surface area contributed by atoms with Gasteiger partial charge in [-0.1, -0.05) is 36.4 Å². The molecule has 0 bridgehead atoms. The summed E-state index contributed by atoms with van der Waals surface area (Å²) in [6, 6.07) is 16.8. The number of nitrogens with one attached hydrogen (secondary N) is 1. The van der Waals surface area contributed by atoms with Crippen LogP contribution in [0.2, 0.25) is 0 Å². The van der Waals surface area contributed by atoms with Crippen molar-refractivity contribution >= 4 is 16.5 Å². The summed E-state index contributed by atoms with van der Waals surface area (Å²) >= 11 is 0. The van der Waals surface area contributed by atoms with Gasteiger partial charge in [0, 0.05) is 23.8 Å². The van der Waals surface area contributed by atoms with Crippen LogP contribution in [-0.4, -0.2) is 9.78 Å². The zero-order valence-electron chi connectivity index (χ0n) is 11.0. The van der Waals surface area contributed by atoms with Crippen LogP contribution < -0.4 is 5.32 Å². The average Bonchev–Trinajstić information content (AvgIpc) is 2.92. The molecule has 2 aromatic carbocycles. The Morgan fingerprint density at radius 3 is 2.79 bits per heavy atom. The Morgan fingerprint density at radius 1 is 1.05 bits per heavy atom. The summed E-state index contributed by atoms with van der Waals surface area (Å²) in [4.78, 5) is 0. The van der Waals surface area contributed by atoms with E-state index in [2.05, 4.69) is 65.9 Å². The molecule has 0 radical (unpaired) electrons.